The first-order valence-corrected chi connectivity index (χ1v) is 7.28. The van der Waals surface area contributed by atoms with Gasteiger partial charge in [0.15, 0.2) is 0 Å². The van der Waals surface area contributed by atoms with E-state index < -0.39 is 17.6 Å². The van der Waals surface area contributed by atoms with Gasteiger partial charge in [-0.15, -0.1) is 24.8 Å². The van der Waals surface area contributed by atoms with Crippen LogP contribution >= 0.6 is 24.8 Å². The van der Waals surface area contributed by atoms with Gasteiger partial charge in [0.25, 0.3) is 0 Å². The van der Waals surface area contributed by atoms with Crippen molar-refractivity contribution in [2.75, 3.05) is 26.2 Å². The summed E-state index contributed by atoms with van der Waals surface area (Å²) in [6.45, 7) is 2.93. The van der Waals surface area contributed by atoms with Gasteiger partial charge < -0.3 is 5.32 Å². The fourth-order valence-corrected chi connectivity index (χ4v) is 3.16. The molecule has 132 valence electrons. The Morgan fingerprint density at radius 1 is 1.09 bits per heavy atom. The lowest BCUT2D eigenvalue weighted by atomic mass is 9.94. The fraction of sp³-hybridized carbons (Fsp3) is 0.600. The minimum absolute atomic E-state index is 0. The number of halogens is 6. The van der Waals surface area contributed by atoms with Crippen LogP contribution in [0.4, 0.5) is 17.6 Å². The molecule has 1 heterocycles. The Morgan fingerprint density at radius 2 is 1.70 bits per heavy atom. The van der Waals surface area contributed by atoms with Gasteiger partial charge in [0.05, 0.1) is 5.56 Å². The molecule has 0 radical (unpaired) electrons. The highest BCUT2D eigenvalue weighted by atomic mass is 35.5. The normalized spacial score (nSPS) is 20.3. The van der Waals surface area contributed by atoms with Crippen molar-refractivity contribution in [3.8, 4) is 0 Å². The number of alkyl halides is 3. The molecule has 2 aliphatic rings. The number of nitrogens with one attached hydrogen (secondary N) is 1. The SMILES string of the molecule is Cl.Cl.Fc1ccc(C(F)(F)F)c([C@@H](C2CC2)N2CCNCC2)c1. The van der Waals surface area contributed by atoms with Crippen LogP contribution in [0.1, 0.15) is 30.0 Å². The van der Waals surface area contributed by atoms with Crippen LogP contribution in [0.25, 0.3) is 0 Å². The van der Waals surface area contributed by atoms with Crippen molar-refractivity contribution < 1.29 is 17.6 Å². The van der Waals surface area contributed by atoms with Crippen LogP contribution < -0.4 is 5.32 Å². The van der Waals surface area contributed by atoms with Gasteiger partial charge in [-0.1, -0.05) is 0 Å². The third-order valence-electron chi connectivity index (χ3n) is 4.25. The van der Waals surface area contributed by atoms with E-state index in [2.05, 4.69) is 10.2 Å². The maximum absolute atomic E-state index is 13.5. The summed E-state index contributed by atoms with van der Waals surface area (Å²) in [7, 11) is 0. The average molecular weight is 375 g/mol. The predicted molar refractivity (Wildman–Crippen MR) is 85.8 cm³/mol. The van der Waals surface area contributed by atoms with Crippen molar-refractivity contribution in [2.24, 2.45) is 5.92 Å². The topological polar surface area (TPSA) is 15.3 Å². The van der Waals surface area contributed by atoms with E-state index in [-0.39, 0.29) is 42.3 Å². The largest absolute Gasteiger partial charge is 0.416 e. The fourth-order valence-electron chi connectivity index (χ4n) is 3.16. The van der Waals surface area contributed by atoms with Gasteiger partial charge in [-0.2, -0.15) is 13.2 Å². The Kier molecular flexibility index (Phi) is 7.13. The average Bonchev–Trinajstić information content (AvgIpc) is 3.23. The first-order chi connectivity index (χ1) is 9.97. The molecule has 1 aliphatic heterocycles. The lowest BCUT2D eigenvalue weighted by Crippen LogP contribution is -2.46. The molecule has 0 unspecified atom stereocenters. The zero-order chi connectivity index (χ0) is 15.0. The van der Waals surface area contributed by atoms with Crippen molar-refractivity contribution in [1.82, 2.24) is 10.2 Å². The molecule has 8 heteroatoms. The van der Waals surface area contributed by atoms with Crippen molar-refractivity contribution in [2.45, 2.75) is 25.1 Å². The van der Waals surface area contributed by atoms with E-state index in [1.165, 1.54) is 0 Å². The minimum atomic E-state index is -4.44. The lowest BCUT2D eigenvalue weighted by Gasteiger charge is -2.36. The van der Waals surface area contributed by atoms with Crippen LogP contribution in [0.5, 0.6) is 0 Å². The molecule has 3 rings (SSSR count). The maximum atomic E-state index is 13.5. The second kappa shape index (κ2) is 8.01. The lowest BCUT2D eigenvalue weighted by molar-refractivity contribution is -0.139. The first kappa shape index (κ1) is 20.5. The third-order valence-corrected chi connectivity index (χ3v) is 4.25. The van der Waals surface area contributed by atoms with Crippen LogP contribution in [0.15, 0.2) is 18.2 Å². The third kappa shape index (κ3) is 4.72. The van der Waals surface area contributed by atoms with Crippen molar-refractivity contribution in [3.05, 3.63) is 35.1 Å². The van der Waals surface area contributed by atoms with Gasteiger partial charge in [0.1, 0.15) is 5.82 Å². The molecule has 1 saturated carbocycles. The quantitative estimate of drug-likeness (QED) is 0.803. The molecule has 2 fully saturated rings. The van der Waals surface area contributed by atoms with Gasteiger partial charge in [0.2, 0.25) is 0 Å². The molecule has 1 saturated heterocycles. The summed E-state index contributed by atoms with van der Waals surface area (Å²) < 4.78 is 53.3. The highest BCUT2D eigenvalue weighted by molar-refractivity contribution is 5.85. The molecule has 1 aliphatic carbocycles. The van der Waals surface area contributed by atoms with E-state index in [9.17, 15) is 17.6 Å². The minimum Gasteiger partial charge on any atom is -0.314 e. The van der Waals surface area contributed by atoms with Crippen LogP contribution in [0.3, 0.4) is 0 Å². The Hall–Kier alpha value is -0.560. The summed E-state index contributed by atoms with van der Waals surface area (Å²) in [6.07, 6.45) is -2.60. The molecule has 1 atom stereocenters. The summed E-state index contributed by atoms with van der Waals surface area (Å²) in [5, 5.41) is 3.20. The predicted octanol–water partition coefficient (Wildman–Crippen LogP) is 4.04. The highest BCUT2D eigenvalue weighted by Gasteiger charge is 2.42. The van der Waals surface area contributed by atoms with Gasteiger partial charge in [-0.25, -0.2) is 4.39 Å². The zero-order valence-corrected chi connectivity index (χ0v) is 14.0. The summed E-state index contributed by atoms with van der Waals surface area (Å²) >= 11 is 0. The molecule has 0 spiro atoms. The number of hydrogen-bond acceptors (Lipinski definition) is 2. The number of piperazine rings is 1. The highest BCUT2D eigenvalue weighted by Crippen LogP contribution is 2.48. The molecular formula is C15H20Cl2F4N2. The van der Waals surface area contributed by atoms with Gasteiger partial charge in [0, 0.05) is 32.2 Å². The molecule has 1 N–H and O–H groups in total. The number of nitrogens with zero attached hydrogens (tertiary/aromatic N) is 1. The molecule has 1 aromatic rings. The Balaban J connectivity index is 0.00000132. The van der Waals surface area contributed by atoms with E-state index in [0.717, 1.165) is 44.1 Å². The summed E-state index contributed by atoms with van der Waals surface area (Å²) in [5.41, 5.74) is -0.591. The summed E-state index contributed by atoms with van der Waals surface area (Å²) in [5.74, 6) is -0.384. The Bertz CT molecular complexity index is 515. The summed E-state index contributed by atoms with van der Waals surface area (Å²) in [6, 6.07) is 2.53. The molecule has 0 amide bonds. The van der Waals surface area contributed by atoms with Crippen molar-refractivity contribution >= 4 is 24.8 Å². The second-order valence-corrected chi connectivity index (χ2v) is 5.80. The Morgan fingerprint density at radius 3 is 2.22 bits per heavy atom. The van der Waals surface area contributed by atoms with E-state index >= 15 is 0 Å². The number of benzene rings is 1. The van der Waals surface area contributed by atoms with Crippen LogP contribution in [-0.2, 0) is 6.18 Å². The second-order valence-electron chi connectivity index (χ2n) is 5.80. The van der Waals surface area contributed by atoms with Crippen molar-refractivity contribution in [3.63, 3.8) is 0 Å². The number of rotatable bonds is 3. The molecule has 1 aromatic carbocycles. The van der Waals surface area contributed by atoms with Gasteiger partial charge in [-0.3, -0.25) is 4.90 Å². The van der Waals surface area contributed by atoms with E-state index in [1.54, 1.807) is 0 Å². The van der Waals surface area contributed by atoms with Gasteiger partial charge >= 0.3 is 6.18 Å². The standard InChI is InChI=1S/C15H18F4N2.2ClH/c16-11-3-4-13(15(17,18)19)12(9-11)14(10-1-2-10)21-7-5-20-6-8-21;;/h3-4,9-10,14,20H,1-2,5-8H2;2*1H/t14-;;/m1../s1. The molecular weight excluding hydrogens is 355 g/mol. The van der Waals surface area contributed by atoms with Gasteiger partial charge in [-0.05, 0) is 42.5 Å². The Labute approximate surface area is 145 Å². The van der Waals surface area contributed by atoms with Crippen LogP contribution in [0, 0.1) is 11.7 Å². The molecule has 0 aromatic heterocycles. The number of hydrogen-bond donors (Lipinski definition) is 1. The monoisotopic (exact) mass is 374 g/mol. The van der Waals surface area contributed by atoms with E-state index in [0.29, 0.717) is 13.1 Å². The summed E-state index contributed by atoms with van der Waals surface area (Å²) in [4.78, 5) is 2.07. The molecule has 2 nitrogen and oxygen atoms in total. The smallest absolute Gasteiger partial charge is 0.314 e. The first-order valence-electron chi connectivity index (χ1n) is 7.28. The molecule has 0 bridgehead atoms. The maximum Gasteiger partial charge on any atom is 0.416 e. The van der Waals surface area contributed by atoms with E-state index in [4.69, 9.17) is 0 Å². The van der Waals surface area contributed by atoms with Crippen LogP contribution in [-0.4, -0.2) is 31.1 Å². The van der Waals surface area contributed by atoms with E-state index in [1.807, 2.05) is 0 Å². The van der Waals surface area contributed by atoms with Crippen molar-refractivity contribution in [1.29, 1.82) is 0 Å². The zero-order valence-electron chi connectivity index (χ0n) is 12.4. The van der Waals surface area contributed by atoms with Crippen LogP contribution in [0.2, 0.25) is 0 Å². The molecule has 23 heavy (non-hydrogen) atoms.